The largest absolute Gasteiger partial charge is 0.388 e. The zero-order valence-electron chi connectivity index (χ0n) is 11.0. The number of thiophene rings is 1. The fraction of sp³-hybridized carbons (Fsp3) is 0.545. The standard InChI is InChI=1S/C11H17N3O4S/c1-4-12-10(16)6-13(3)11-8(14(17)18)5-9(19-11)7(2)15/h5,7,15H,4,6H2,1-3H3,(H,12,16)/t7-/m0/s1. The highest BCUT2D eigenvalue weighted by molar-refractivity contribution is 7.16. The fourth-order valence-electron chi connectivity index (χ4n) is 1.54. The Kier molecular flexibility index (Phi) is 5.25. The predicted molar refractivity (Wildman–Crippen MR) is 73.6 cm³/mol. The Balaban J connectivity index is 2.97. The number of hydrogen-bond donors (Lipinski definition) is 2. The first-order valence-electron chi connectivity index (χ1n) is 5.80. The van der Waals surface area contributed by atoms with E-state index in [2.05, 4.69) is 5.32 Å². The summed E-state index contributed by atoms with van der Waals surface area (Å²) < 4.78 is 0. The van der Waals surface area contributed by atoms with Crippen molar-refractivity contribution in [2.45, 2.75) is 20.0 Å². The molecule has 0 fully saturated rings. The van der Waals surface area contributed by atoms with Crippen LogP contribution in [-0.4, -0.2) is 36.1 Å². The summed E-state index contributed by atoms with van der Waals surface area (Å²) in [6, 6.07) is 1.35. The van der Waals surface area contributed by atoms with Crippen molar-refractivity contribution >= 4 is 27.9 Å². The van der Waals surface area contributed by atoms with Gasteiger partial charge in [-0.15, -0.1) is 11.3 Å². The maximum Gasteiger partial charge on any atom is 0.304 e. The molecule has 0 unspecified atom stereocenters. The molecule has 1 rings (SSSR count). The molecule has 0 aliphatic carbocycles. The lowest BCUT2D eigenvalue weighted by molar-refractivity contribution is -0.383. The number of carbonyl (C=O) groups is 1. The van der Waals surface area contributed by atoms with Crippen molar-refractivity contribution in [2.75, 3.05) is 25.0 Å². The highest BCUT2D eigenvalue weighted by Gasteiger charge is 2.24. The number of amides is 1. The quantitative estimate of drug-likeness (QED) is 0.607. The minimum absolute atomic E-state index is 0.0362. The second kappa shape index (κ2) is 6.48. The van der Waals surface area contributed by atoms with E-state index in [4.69, 9.17) is 0 Å². The smallest absolute Gasteiger partial charge is 0.304 e. The lowest BCUT2D eigenvalue weighted by atomic mass is 10.3. The fourth-order valence-corrected chi connectivity index (χ4v) is 2.56. The van der Waals surface area contributed by atoms with Crippen molar-refractivity contribution in [1.82, 2.24) is 5.32 Å². The number of aliphatic hydroxyl groups excluding tert-OH is 1. The summed E-state index contributed by atoms with van der Waals surface area (Å²) in [6.45, 7) is 3.90. The second-order valence-corrected chi connectivity index (χ2v) is 5.14. The maximum atomic E-state index is 11.5. The zero-order valence-corrected chi connectivity index (χ0v) is 11.9. The van der Waals surface area contributed by atoms with Gasteiger partial charge in [0.2, 0.25) is 5.91 Å². The first-order valence-corrected chi connectivity index (χ1v) is 6.62. The third-order valence-electron chi connectivity index (χ3n) is 2.42. The number of hydrogen-bond acceptors (Lipinski definition) is 6. The number of rotatable bonds is 6. The van der Waals surface area contributed by atoms with Crippen LogP contribution in [0.2, 0.25) is 0 Å². The normalized spacial score (nSPS) is 12.0. The summed E-state index contributed by atoms with van der Waals surface area (Å²) in [5.41, 5.74) is -0.0901. The molecule has 0 bridgehead atoms. The molecule has 0 aromatic carbocycles. The molecule has 106 valence electrons. The summed E-state index contributed by atoms with van der Waals surface area (Å²) in [6.07, 6.45) is -0.768. The van der Waals surface area contributed by atoms with Gasteiger partial charge in [0.05, 0.1) is 17.6 Å². The Bertz CT molecular complexity index is 473. The monoisotopic (exact) mass is 287 g/mol. The Labute approximate surface area is 115 Å². The van der Waals surface area contributed by atoms with Gasteiger partial charge in [0, 0.05) is 24.5 Å². The number of nitrogens with zero attached hydrogens (tertiary/aromatic N) is 2. The van der Waals surface area contributed by atoms with Gasteiger partial charge in [-0.25, -0.2) is 0 Å². The number of anilines is 1. The lowest BCUT2D eigenvalue weighted by Gasteiger charge is -2.15. The van der Waals surface area contributed by atoms with Gasteiger partial charge in [-0.3, -0.25) is 14.9 Å². The molecule has 1 aromatic heterocycles. The SMILES string of the molecule is CCNC(=O)CN(C)c1sc([C@H](C)O)cc1[N+](=O)[O-]. The van der Waals surface area contributed by atoms with E-state index in [1.54, 1.807) is 20.9 Å². The molecule has 1 amide bonds. The molecule has 7 nitrogen and oxygen atoms in total. The van der Waals surface area contributed by atoms with E-state index in [0.717, 1.165) is 11.3 Å². The summed E-state index contributed by atoms with van der Waals surface area (Å²) in [5, 5.41) is 23.5. The molecule has 1 atom stereocenters. The van der Waals surface area contributed by atoms with Crippen LogP contribution in [0, 0.1) is 10.1 Å². The Morgan fingerprint density at radius 1 is 1.68 bits per heavy atom. The molecule has 1 heterocycles. The molecule has 1 aromatic rings. The molecule has 0 radical (unpaired) electrons. The molecular formula is C11H17N3O4S. The van der Waals surface area contributed by atoms with Crippen LogP contribution in [0.5, 0.6) is 0 Å². The number of carbonyl (C=O) groups excluding carboxylic acids is 1. The highest BCUT2D eigenvalue weighted by Crippen LogP contribution is 2.39. The van der Waals surface area contributed by atoms with Crippen LogP contribution in [0.15, 0.2) is 6.07 Å². The minimum atomic E-state index is -0.768. The number of nitro groups is 1. The first kappa shape index (κ1) is 15.4. The van der Waals surface area contributed by atoms with E-state index < -0.39 is 11.0 Å². The van der Waals surface area contributed by atoms with Crippen LogP contribution < -0.4 is 10.2 Å². The average Bonchev–Trinajstić information content (AvgIpc) is 2.73. The molecule has 0 saturated heterocycles. The van der Waals surface area contributed by atoms with Crippen LogP contribution in [0.4, 0.5) is 10.7 Å². The van der Waals surface area contributed by atoms with Gasteiger partial charge in [-0.05, 0) is 13.8 Å². The van der Waals surface area contributed by atoms with E-state index in [9.17, 15) is 20.0 Å². The van der Waals surface area contributed by atoms with Crippen LogP contribution in [0.25, 0.3) is 0 Å². The molecule has 0 saturated carbocycles. The second-order valence-electron chi connectivity index (χ2n) is 4.08. The summed E-state index contributed by atoms with van der Waals surface area (Å²) in [7, 11) is 1.61. The summed E-state index contributed by atoms with van der Waals surface area (Å²) in [5.74, 6) is -0.203. The van der Waals surface area contributed by atoms with Crippen molar-refractivity contribution in [3.63, 3.8) is 0 Å². The Hall–Kier alpha value is -1.67. The van der Waals surface area contributed by atoms with Crippen LogP contribution in [0.1, 0.15) is 24.8 Å². The number of nitrogens with one attached hydrogen (secondary N) is 1. The van der Waals surface area contributed by atoms with Crippen molar-refractivity contribution in [3.8, 4) is 0 Å². The van der Waals surface area contributed by atoms with Gasteiger partial charge in [0.1, 0.15) is 0 Å². The van der Waals surface area contributed by atoms with Gasteiger partial charge < -0.3 is 15.3 Å². The predicted octanol–water partition coefficient (Wildman–Crippen LogP) is 1.28. The summed E-state index contributed by atoms with van der Waals surface area (Å²) >= 11 is 1.12. The van der Waals surface area contributed by atoms with Crippen molar-refractivity contribution in [1.29, 1.82) is 0 Å². The van der Waals surface area contributed by atoms with E-state index in [-0.39, 0.29) is 18.1 Å². The third kappa shape index (κ3) is 3.90. The first-order chi connectivity index (χ1) is 8.86. The highest BCUT2D eigenvalue weighted by atomic mass is 32.1. The van der Waals surface area contributed by atoms with Gasteiger partial charge >= 0.3 is 5.69 Å². The third-order valence-corrected chi connectivity index (χ3v) is 3.83. The molecule has 8 heteroatoms. The van der Waals surface area contributed by atoms with Crippen molar-refractivity contribution in [2.24, 2.45) is 0 Å². The van der Waals surface area contributed by atoms with E-state index in [0.29, 0.717) is 16.4 Å². The van der Waals surface area contributed by atoms with E-state index in [1.807, 2.05) is 0 Å². The summed E-state index contributed by atoms with van der Waals surface area (Å²) in [4.78, 5) is 24.0. The minimum Gasteiger partial charge on any atom is -0.388 e. The van der Waals surface area contributed by atoms with Crippen molar-refractivity contribution in [3.05, 3.63) is 21.1 Å². The van der Waals surface area contributed by atoms with Gasteiger partial charge in [-0.1, -0.05) is 0 Å². The van der Waals surface area contributed by atoms with Crippen molar-refractivity contribution < 1.29 is 14.8 Å². The molecule has 0 spiro atoms. The van der Waals surface area contributed by atoms with Crippen LogP contribution >= 0.6 is 11.3 Å². The lowest BCUT2D eigenvalue weighted by Crippen LogP contribution is -2.34. The number of aliphatic hydroxyl groups is 1. The average molecular weight is 287 g/mol. The topological polar surface area (TPSA) is 95.7 Å². The number of likely N-dealkylation sites (N-methyl/N-ethyl adjacent to an activating group) is 2. The van der Waals surface area contributed by atoms with Gasteiger partial charge in [-0.2, -0.15) is 0 Å². The van der Waals surface area contributed by atoms with Crippen LogP contribution in [-0.2, 0) is 4.79 Å². The molecule has 2 N–H and O–H groups in total. The molecular weight excluding hydrogens is 270 g/mol. The van der Waals surface area contributed by atoms with Gasteiger partial charge in [0.15, 0.2) is 5.00 Å². The molecule has 0 aliphatic heterocycles. The van der Waals surface area contributed by atoms with E-state index in [1.165, 1.54) is 11.0 Å². The van der Waals surface area contributed by atoms with Crippen LogP contribution in [0.3, 0.4) is 0 Å². The molecule has 0 aliphatic rings. The zero-order chi connectivity index (χ0) is 14.6. The Morgan fingerprint density at radius 3 is 2.79 bits per heavy atom. The van der Waals surface area contributed by atoms with E-state index >= 15 is 0 Å². The molecule has 19 heavy (non-hydrogen) atoms. The maximum absolute atomic E-state index is 11.5. The van der Waals surface area contributed by atoms with Gasteiger partial charge in [0.25, 0.3) is 0 Å². The Morgan fingerprint density at radius 2 is 2.32 bits per heavy atom.